The number of carbonyl (C=O) groups is 4. The Morgan fingerprint density at radius 2 is 1.56 bits per heavy atom. The summed E-state index contributed by atoms with van der Waals surface area (Å²) < 4.78 is 0. The summed E-state index contributed by atoms with van der Waals surface area (Å²) in [7, 11) is 1.62. The fourth-order valence-electron chi connectivity index (χ4n) is 4.84. The van der Waals surface area contributed by atoms with Crippen molar-refractivity contribution in [3.63, 3.8) is 0 Å². The van der Waals surface area contributed by atoms with Crippen molar-refractivity contribution in [2.45, 2.75) is 112 Å². The summed E-state index contributed by atoms with van der Waals surface area (Å²) in [6.45, 7) is 19.0. The second-order valence-corrected chi connectivity index (χ2v) is 12.7. The van der Waals surface area contributed by atoms with Gasteiger partial charge < -0.3 is 35.5 Å². The Balaban J connectivity index is 0.00000111. The minimum absolute atomic E-state index is 0.0237. The molecule has 2 aliphatic rings. The number of hydrogen-bond acceptors (Lipinski definition) is 7. The molecule has 2 aliphatic heterocycles. The van der Waals surface area contributed by atoms with E-state index in [0.717, 1.165) is 12.0 Å². The molecule has 250 valence electrons. The molecule has 4 N–H and O–H groups in total. The van der Waals surface area contributed by atoms with Gasteiger partial charge in [-0.3, -0.25) is 19.2 Å². The third-order valence-corrected chi connectivity index (χ3v) is 7.28. The first-order valence-electron chi connectivity index (χ1n) is 15.9. The van der Waals surface area contributed by atoms with Gasteiger partial charge in [0.1, 0.15) is 6.04 Å². The van der Waals surface area contributed by atoms with Crippen LogP contribution in [0.3, 0.4) is 0 Å². The summed E-state index contributed by atoms with van der Waals surface area (Å²) in [5.74, 6) is -0.0737. The first-order valence-corrected chi connectivity index (χ1v) is 15.9. The number of likely N-dealkylation sites (N-methyl/N-ethyl adjacent to an activating group) is 1. The lowest BCUT2D eigenvalue weighted by atomic mass is 9.99. The van der Waals surface area contributed by atoms with Crippen molar-refractivity contribution in [2.24, 2.45) is 11.8 Å². The van der Waals surface area contributed by atoms with Crippen molar-refractivity contribution >= 4 is 24.1 Å². The highest BCUT2D eigenvalue weighted by Gasteiger charge is 2.35. The van der Waals surface area contributed by atoms with Gasteiger partial charge in [0.25, 0.3) is 0 Å². The minimum Gasteiger partial charge on any atom is -0.394 e. The minimum atomic E-state index is -1.05. The molecule has 2 saturated heterocycles. The molecule has 0 bridgehead atoms. The molecule has 0 saturated carbocycles. The monoisotopic (exact) mass is 611 g/mol. The Kier molecular flexibility index (Phi) is 20.8. The van der Waals surface area contributed by atoms with Gasteiger partial charge in [-0.25, -0.2) is 0 Å². The van der Waals surface area contributed by atoms with Gasteiger partial charge in [-0.1, -0.05) is 47.1 Å². The second kappa shape index (κ2) is 22.1. The Morgan fingerprint density at radius 1 is 0.977 bits per heavy atom. The molecule has 4 amide bonds. The van der Waals surface area contributed by atoms with Crippen LogP contribution in [0.1, 0.15) is 87.5 Å². The highest BCUT2D eigenvalue weighted by molar-refractivity contribution is 5.97. The van der Waals surface area contributed by atoms with E-state index in [-0.39, 0.29) is 42.8 Å². The summed E-state index contributed by atoms with van der Waals surface area (Å²) in [4.78, 5) is 53.6. The third kappa shape index (κ3) is 16.2. The van der Waals surface area contributed by atoms with E-state index in [1.165, 1.54) is 42.2 Å². The van der Waals surface area contributed by atoms with E-state index < -0.39 is 18.8 Å². The third-order valence-electron chi connectivity index (χ3n) is 7.28. The molecular formula is C32H61N5O6. The van der Waals surface area contributed by atoms with Crippen LogP contribution in [0.2, 0.25) is 0 Å². The molecule has 11 heteroatoms. The molecule has 3 atom stereocenters. The summed E-state index contributed by atoms with van der Waals surface area (Å²) >= 11 is 0. The maximum Gasteiger partial charge on any atom is 0.249 e. The highest BCUT2D eigenvalue weighted by atomic mass is 16.3. The second-order valence-electron chi connectivity index (χ2n) is 12.7. The number of piperidine rings is 1. The van der Waals surface area contributed by atoms with Gasteiger partial charge in [0.05, 0.1) is 25.3 Å². The summed E-state index contributed by atoms with van der Waals surface area (Å²) in [6, 6.07) is -0.227. The first kappa shape index (κ1) is 40.5. The standard InChI is InChI=1S/C20H34N4O6.C8H17N.C4H10/c1-13(2)17(23(4)18(28)10-21-12-26)8-14(3)20(30)24-7-5-6-16(24)19(29)22-9-15(27)11-25;1-8(2)9-6-4-3-5-7-9;1-4(2)3/h8,12-13,15-17,25,27H,5-7,9-11H2,1-4H3,(H,21,26)(H,22,29);8H,3-7H2,1-2H3;4H,1-3H3/b14-8+;;/t15?,16-,17+;;/m0../s1. The highest BCUT2D eigenvalue weighted by Crippen LogP contribution is 2.21. The van der Waals surface area contributed by atoms with Crippen LogP contribution in [0.5, 0.6) is 0 Å². The molecule has 43 heavy (non-hydrogen) atoms. The molecule has 0 aromatic carbocycles. The Labute approximate surface area is 260 Å². The smallest absolute Gasteiger partial charge is 0.249 e. The predicted octanol–water partition coefficient (Wildman–Crippen LogP) is 2.17. The van der Waals surface area contributed by atoms with E-state index in [0.29, 0.717) is 31.4 Å². The van der Waals surface area contributed by atoms with Gasteiger partial charge in [-0.2, -0.15) is 0 Å². The van der Waals surface area contributed by atoms with E-state index in [4.69, 9.17) is 5.11 Å². The molecule has 2 fully saturated rings. The Hall–Kier alpha value is -2.50. The fraction of sp³-hybridized carbons (Fsp3) is 0.812. The number of amides is 4. The molecule has 0 aromatic heterocycles. The van der Waals surface area contributed by atoms with Crippen molar-refractivity contribution in [3.05, 3.63) is 11.6 Å². The van der Waals surface area contributed by atoms with Crippen molar-refractivity contribution < 1.29 is 29.4 Å². The lowest BCUT2D eigenvalue weighted by molar-refractivity contribution is -0.136. The van der Waals surface area contributed by atoms with Crippen LogP contribution in [0.15, 0.2) is 11.6 Å². The van der Waals surface area contributed by atoms with Gasteiger partial charge in [0.2, 0.25) is 24.1 Å². The van der Waals surface area contributed by atoms with Gasteiger partial charge in [-0.05, 0) is 71.4 Å². The molecule has 11 nitrogen and oxygen atoms in total. The Bertz CT molecular complexity index is 854. The van der Waals surface area contributed by atoms with Gasteiger partial charge >= 0.3 is 0 Å². The van der Waals surface area contributed by atoms with Crippen LogP contribution in [0.25, 0.3) is 0 Å². The van der Waals surface area contributed by atoms with Crippen LogP contribution in [0, 0.1) is 11.8 Å². The number of nitrogens with zero attached hydrogens (tertiary/aromatic N) is 3. The van der Waals surface area contributed by atoms with E-state index in [1.807, 2.05) is 13.8 Å². The normalized spacial score (nSPS) is 18.7. The van der Waals surface area contributed by atoms with E-state index in [1.54, 1.807) is 20.0 Å². The molecule has 0 aliphatic carbocycles. The van der Waals surface area contributed by atoms with Crippen LogP contribution in [-0.2, 0) is 19.2 Å². The number of likely N-dealkylation sites (tertiary alicyclic amines) is 2. The average molecular weight is 612 g/mol. The first-order chi connectivity index (χ1) is 20.2. The van der Waals surface area contributed by atoms with Crippen LogP contribution in [-0.4, -0.2) is 120 Å². The molecule has 1 unspecified atom stereocenters. The van der Waals surface area contributed by atoms with Crippen molar-refractivity contribution in [2.75, 3.05) is 46.4 Å². The predicted molar refractivity (Wildman–Crippen MR) is 171 cm³/mol. The van der Waals surface area contributed by atoms with Crippen molar-refractivity contribution in [1.29, 1.82) is 0 Å². The van der Waals surface area contributed by atoms with Crippen LogP contribution < -0.4 is 10.6 Å². The average Bonchev–Trinajstić information content (AvgIpc) is 3.46. The maximum absolute atomic E-state index is 13.0. The Morgan fingerprint density at radius 3 is 2.02 bits per heavy atom. The number of aliphatic hydroxyl groups excluding tert-OH is 2. The lowest BCUT2D eigenvalue weighted by Crippen LogP contribution is -2.48. The molecule has 0 spiro atoms. The number of aliphatic hydroxyl groups is 2. The number of carbonyl (C=O) groups excluding carboxylic acids is 4. The van der Waals surface area contributed by atoms with Crippen molar-refractivity contribution in [1.82, 2.24) is 25.3 Å². The fourth-order valence-corrected chi connectivity index (χ4v) is 4.84. The summed E-state index contributed by atoms with van der Waals surface area (Å²) in [5, 5.41) is 23.2. The van der Waals surface area contributed by atoms with Gasteiger partial charge in [-0.15, -0.1) is 0 Å². The van der Waals surface area contributed by atoms with E-state index in [2.05, 4.69) is 50.2 Å². The molecule has 2 rings (SSSR count). The molecule has 2 heterocycles. The summed E-state index contributed by atoms with van der Waals surface area (Å²) in [6.07, 6.45) is 6.61. The molecular weight excluding hydrogens is 550 g/mol. The zero-order chi connectivity index (χ0) is 33.1. The largest absolute Gasteiger partial charge is 0.394 e. The van der Waals surface area contributed by atoms with Crippen LogP contribution >= 0.6 is 0 Å². The van der Waals surface area contributed by atoms with Crippen LogP contribution in [0.4, 0.5) is 0 Å². The van der Waals surface area contributed by atoms with Gasteiger partial charge in [0, 0.05) is 31.8 Å². The number of nitrogens with one attached hydrogen (secondary N) is 2. The number of rotatable bonds is 12. The SMILES string of the molecule is C/C(=C\[C@H](C(C)C)N(C)C(=O)CNC=O)C(=O)N1CCC[C@H]1C(=O)NCC(O)CO.CC(C)C.CC(C)N1CCCCC1. The lowest BCUT2D eigenvalue weighted by Gasteiger charge is -2.30. The van der Waals surface area contributed by atoms with E-state index >= 15 is 0 Å². The zero-order valence-corrected chi connectivity index (χ0v) is 28.3. The summed E-state index contributed by atoms with van der Waals surface area (Å²) in [5.41, 5.74) is 0.423. The van der Waals surface area contributed by atoms with Crippen molar-refractivity contribution in [3.8, 4) is 0 Å². The zero-order valence-electron chi connectivity index (χ0n) is 28.3. The van der Waals surface area contributed by atoms with E-state index in [9.17, 15) is 24.3 Å². The molecule has 0 aromatic rings. The topological polar surface area (TPSA) is 143 Å². The molecule has 0 radical (unpaired) electrons. The maximum atomic E-state index is 13.0. The quantitative estimate of drug-likeness (QED) is 0.196. The van der Waals surface area contributed by atoms with Gasteiger partial charge in [0.15, 0.2) is 0 Å². The number of hydrogen-bond donors (Lipinski definition) is 4.